The van der Waals surface area contributed by atoms with Crippen LogP contribution in [0.2, 0.25) is 0 Å². The van der Waals surface area contributed by atoms with E-state index in [1.165, 1.54) is 19.1 Å². The quantitative estimate of drug-likeness (QED) is 0.103. The number of methoxy groups -OCH3 is 1. The maximum Gasteiger partial charge on any atom is 0.460 e. The second kappa shape index (κ2) is 15.4. The van der Waals surface area contributed by atoms with Gasteiger partial charge in [-0.15, -0.1) is 0 Å². The summed E-state index contributed by atoms with van der Waals surface area (Å²) in [4.78, 5) is 25.8. The maximum absolute atomic E-state index is 17.5. The number of alkyl halides is 13. The van der Waals surface area contributed by atoms with Crippen molar-refractivity contribution in [3.05, 3.63) is 101 Å². The number of benzene rings is 3. The van der Waals surface area contributed by atoms with Gasteiger partial charge in [-0.1, -0.05) is 73.7 Å². The Morgan fingerprint density at radius 1 is 0.683 bits per heavy atom. The second-order valence-corrected chi connectivity index (χ2v) is 15.6. The molecular weight excluding hydrogens is 835 g/mol. The lowest BCUT2D eigenvalue weighted by Gasteiger charge is -2.61. The van der Waals surface area contributed by atoms with Gasteiger partial charge in [0, 0.05) is 17.8 Å². The SMILES string of the molecule is COC(=O)C(=O)O[C@@]1(C(F)(F)C(F)(F)C(F)(F)C(F)(F)C(F)(F)C(F)(F)F)C[C@]2(C)[C@@H](OCc3ccccc3)CC[C@H]2[C@@H]2CCc3cc(OCc4ccccc4)ccc3[C@H]21. The fourth-order valence-electron chi connectivity index (χ4n) is 9.38. The Labute approximate surface area is 334 Å². The topological polar surface area (TPSA) is 71.1 Å². The van der Waals surface area contributed by atoms with Crippen LogP contribution in [0.3, 0.4) is 0 Å². The molecule has 6 atom stereocenters. The van der Waals surface area contributed by atoms with Gasteiger partial charge in [0.2, 0.25) is 0 Å². The van der Waals surface area contributed by atoms with Crippen molar-refractivity contribution in [3.63, 3.8) is 0 Å². The first kappa shape index (κ1) is 45.0. The molecule has 0 spiro atoms. The standard InChI is InChI=1S/C41H37F13O6/c1-34-22-35(60-33(56)32(55)57-2,36(42,43)37(44,45)38(46,47)39(48,49)40(50,51)41(52,53)54)31-27-16-14-26(58-20-23-9-5-3-6-10-23)19-25(27)13-15-28(31)29(34)17-18-30(34)59-21-24-11-7-4-8-12-24/h3-12,14,16,19,28-31H,13,15,17-18,20-22H2,1-2H3/t28-,29-,30-,31+,34-,35-/m0/s1. The average Bonchev–Trinajstić information content (AvgIpc) is 3.53. The van der Waals surface area contributed by atoms with Crippen molar-refractivity contribution in [3.8, 4) is 5.75 Å². The lowest BCUT2D eigenvalue weighted by molar-refractivity contribution is -0.453. The minimum atomic E-state index is -8.23. The molecule has 6 nitrogen and oxygen atoms in total. The minimum Gasteiger partial charge on any atom is -0.489 e. The van der Waals surface area contributed by atoms with E-state index in [2.05, 4.69) is 4.74 Å². The van der Waals surface area contributed by atoms with Crippen molar-refractivity contribution < 1.29 is 85.6 Å². The molecule has 0 N–H and O–H groups in total. The fraction of sp³-hybridized carbons (Fsp3) is 0.512. The molecule has 0 amide bonds. The van der Waals surface area contributed by atoms with Gasteiger partial charge in [0.25, 0.3) is 0 Å². The molecule has 6 rings (SSSR count). The smallest absolute Gasteiger partial charge is 0.460 e. The Morgan fingerprint density at radius 3 is 1.82 bits per heavy atom. The molecule has 2 fully saturated rings. The van der Waals surface area contributed by atoms with Crippen LogP contribution in [0.1, 0.15) is 60.8 Å². The molecule has 0 aliphatic heterocycles. The molecule has 2 saturated carbocycles. The molecule has 3 aliphatic rings. The Kier molecular flexibility index (Phi) is 11.6. The number of fused-ring (bicyclic) bond motifs is 5. The van der Waals surface area contributed by atoms with Crippen LogP contribution >= 0.6 is 0 Å². The summed E-state index contributed by atoms with van der Waals surface area (Å²) in [5.74, 6) is -48.5. The highest BCUT2D eigenvalue weighted by molar-refractivity contribution is 6.29. The number of esters is 2. The van der Waals surface area contributed by atoms with Gasteiger partial charge >= 0.3 is 47.7 Å². The molecule has 3 aliphatic carbocycles. The summed E-state index contributed by atoms with van der Waals surface area (Å²) in [6.07, 6.45) is -10.7. The van der Waals surface area contributed by atoms with E-state index in [1.54, 1.807) is 60.7 Å². The number of carbonyl (C=O) groups excluding carboxylic acids is 2. The molecule has 328 valence electrons. The van der Waals surface area contributed by atoms with E-state index in [0.717, 1.165) is 6.07 Å². The van der Waals surface area contributed by atoms with E-state index in [1.807, 2.05) is 0 Å². The lowest BCUT2D eigenvalue weighted by Crippen LogP contribution is -2.77. The summed E-state index contributed by atoms with van der Waals surface area (Å²) in [6, 6.07) is 20.2. The summed E-state index contributed by atoms with van der Waals surface area (Å²) in [7, 11) is 0.523. The minimum absolute atomic E-state index is 0.00533. The van der Waals surface area contributed by atoms with Crippen LogP contribution in [0.4, 0.5) is 57.1 Å². The maximum atomic E-state index is 17.5. The van der Waals surface area contributed by atoms with Crippen LogP contribution in [0.15, 0.2) is 78.9 Å². The van der Waals surface area contributed by atoms with Crippen molar-refractivity contribution in [1.29, 1.82) is 0 Å². The molecular formula is C41H37F13O6. The number of carbonyl (C=O) groups is 2. The van der Waals surface area contributed by atoms with Crippen LogP contribution in [-0.2, 0) is 43.4 Å². The lowest BCUT2D eigenvalue weighted by atomic mass is 9.48. The van der Waals surface area contributed by atoms with Crippen LogP contribution in [-0.4, -0.2) is 66.5 Å². The predicted octanol–water partition coefficient (Wildman–Crippen LogP) is 10.5. The zero-order valence-corrected chi connectivity index (χ0v) is 31.6. The first-order chi connectivity index (χ1) is 27.8. The van der Waals surface area contributed by atoms with Gasteiger partial charge in [0.15, 0.2) is 5.60 Å². The highest BCUT2D eigenvalue weighted by Gasteiger charge is 2.94. The van der Waals surface area contributed by atoms with E-state index in [4.69, 9.17) is 14.2 Å². The molecule has 3 aromatic rings. The van der Waals surface area contributed by atoms with E-state index in [0.29, 0.717) is 18.2 Å². The highest BCUT2D eigenvalue weighted by atomic mass is 19.4. The van der Waals surface area contributed by atoms with Crippen molar-refractivity contribution in [2.45, 2.75) is 106 Å². The summed E-state index contributed by atoms with van der Waals surface area (Å²) < 4.78 is 217. The van der Waals surface area contributed by atoms with Gasteiger partial charge < -0.3 is 18.9 Å². The molecule has 0 saturated heterocycles. The second-order valence-electron chi connectivity index (χ2n) is 15.6. The van der Waals surface area contributed by atoms with Crippen LogP contribution in [0, 0.1) is 17.3 Å². The van der Waals surface area contributed by atoms with Gasteiger partial charge in [-0.3, -0.25) is 0 Å². The number of hydrogen-bond acceptors (Lipinski definition) is 6. The zero-order chi connectivity index (χ0) is 44.3. The number of rotatable bonds is 12. The molecule has 0 unspecified atom stereocenters. The van der Waals surface area contributed by atoms with E-state index in [9.17, 15) is 40.3 Å². The molecule has 0 heterocycles. The van der Waals surface area contributed by atoms with E-state index >= 15 is 26.3 Å². The summed E-state index contributed by atoms with van der Waals surface area (Å²) >= 11 is 0. The van der Waals surface area contributed by atoms with E-state index in [-0.39, 0.29) is 55.8 Å². The Hall–Kier alpha value is -4.55. The predicted molar refractivity (Wildman–Crippen MR) is 184 cm³/mol. The molecule has 3 aromatic carbocycles. The number of hydrogen-bond donors (Lipinski definition) is 0. The van der Waals surface area contributed by atoms with Gasteiger partial charge in [0.1, 0.15) is 12.4 Å². The Morgan fingerprint density at radius 2 is 1.25 bits per heavy atom. The number of ether oxygens (including phenoxy) is 4. The summed E-state index contributed by atoms with van der Waals surface area (Å²) in [5, 5.41) is 0. The van der Waals surface area contributed by atoms with Crippen molar-refractivity contribution in [2.75, 3.05) is 7.11 Å². The molecule has 0 radical (unpaired) electrons. The summed E-state index contributed by atoms with van der Waals surface area (Å²) in [5.41, 5.74) is -5.61. The van der Waals surface area contributed by atoms with Gasteiger partial charge in [-0.25, -0.2) is 9.59 Å². The van der Waals surface area contributed by atoms with Crippen LogP contribution in [0.25, 0.3) is 0 Å². The average molecular weight is 873 g/mol. The van der Waals surface area contributed by atoms with Gasteiger partial charge in [0.05, 0.1) is 19.8 Å². The number of aryl methyl sites for hydroxylation is 1. The molecule has 0 aromatic heterocycles. The van der Waals surface area contributed by atoms with Crippen LogP contribution < -0.4 is 4.74 Å². The zero-order valence-electron chi connectivity index (χ0n) is 31.6. The van der Waals surface area contributed by atoms with Crippen molar-refractivity contribution in [2.24, 2.45) is 17.3 Å². The largest absolute Gasteiger partial charge is 0.489 e. The van der Waals surface area contributed by atoms with E-state index < -0.39 is 89.0 Å². The molecule has 0 bridgehead atoms. The molecule has 60 heavy (non-hydrogen) atoms. The Balaban J connectivity index is 1.56. The third-order valence-corrected chi connectivity index (χ3v) is 12.2. The third-order valence-electron chi connectivity index (χ3n) is 12.2. The van der Waals surface area contributed by atoms with Gasteiger partial charge in [-0.2, -0.15) is 57.1 Å². The Bertz CT molecular complexity index is 2050. The third kappa shape index (κ3) is 6.95. The van der Waals surface area contributed by atoms with Crippen LogP contribution in [0.5, 0.6) is 5.75 Å². The first-order valence-electron chi connectivity index (χ1n) is 18.5. The normalized spacial score (nSPS) is 26.1. The molecule has 19 heteroatoms. The van der Waals surface area contributed by atoms with Crippen molar-refractivity contribution >= 4 is 11.9 Å². The number of halogens is 13. The van der Waals surface area contributed by atoms with Crippen molar-refractivity contribution in [1.82, 2.24) is 0 Å². The van der Waals surface area contributed by atoms with Gasteiger partial charge in [-0.05, 0) is 71.9 Å². The monoisotopic (exact) mass is 872 g/mol. The fourth-order valence-corrected chi connectivity index (χ4v) is 9.38. The first-order valence-corrected chi connectivity index (χ1v) is 18.5. The summed E-state index contributed by atoms with van der Waals surface area (Å²) in [6.45, 7) is 0.953. The highest BCUT2D eigenvalue weighted by Crippen LogP contribution is 2.72.